The quantitative estimate of drug-likeness (QED) is 0.389. The van der Waals surface area contributed by atoms with Gasteiger partial charge in [-0.1, -0.05) is 49.4 Å². The highest BCUT2D eigenvalue weighted by Gasteiger charge is 2.23. The molecule has 1 aliphatic heterocycles. The molecule has 33 heavy (non-hydrogen) atoms. The van der Waals surface area contributed by atoms with Crippen LogP contribution < -0.4 is 16.0 Å². The van der Waals surface area contributed by atoms with Gasteiger partial charge >= 0.3 is 0 Å². The van der Waals surface area contributed by atoms with Gasteiger partial charge in [-0.15, -0.1) is 0 Å². The molecule has 2 aromatic rings. The van der Waals surface area contributed by atoms with Crippen molar-refractivity contribution in [2.45, 2.75) is 64.8 Å². The fourth-order valence-corrected chi connectivity index (χ4v) is 5.30. The Labute approximate surface area is 207 Å². The van der Waals surface area contributed by atoms with Crippen molar-refractivity contribution >= 4 is 46.7 Å². The van der Waals surface area contributed by atoms with E-state index in [2.05, 4.69) is 42.7 Å². The predicted molar refractivity (Wildman–Crippen MR) is 138 cm³/mol. The van der Waals surface area contributed by atoms with Crippen LogP contribution in [-0.4, -0.2) is 52.1 Å². The zero-order valence-electron chi connectivity index (χ0n) is 19.6. The number of aromatic nitrogens is 3. The molecular weight excluding hydrogens is 457 g/mol. The van der Waals surface area contributed by atoms with E-state index in [-0.39, 0.29) is 0 Å². The fourth-order valence-electron chi connectivity index (χ4n) is 4.82. The van der Waals surface area contributed by atoms with Gasteiger partial charge in [0, 0.05) is 34.9 Å². The van der Waals surface area contributed by atoms with Crippen LogP contribution in [0.25, 0.3) is 0 Å². The van der Waals surface area contributed by atoms with Crippen LogP contribution in [0.5, 0.6) is 0 Å². The van der Waals surface area contributed by atoms with E-state index in [1.165, 1.54) is 44.9 Å². The minimum atomic E-state index is 0.466. The van der Waals surface area contributed by atoms with E-state index in [1.54, 1.807) is 0 Å². The van der Waals surface area contributed by atoms with E-state index in [0.717, 1.165) is 37.4 Å². The Balaban J connectivity index is 1.50. The normalized spacial score (nSPS) is 19.6. The van der Waals surface area contributed by atoms with Crippen LogP contribution in [0.4, 0.5) is 23.5 Å². The standard InChI is InChI=1S/C24H35Cl2N7/c1-3-33-11-7-10-19(33)15-28-23-30-22(27-14-17-8-5-4-6-9-17)31-24(32-23)29-18-12-20(25)16(2)21(26)13-18/h12-13,17,19H,3-11,14-15H2,1-2H3,(H3,27,28,29,30,31,32). The number of hydrogen-bond donors (Lipinski definition) is 3. The fraction of sp³-hybridized carbons (Fsp3) is 0.625. The number of anilines is 4. The van der Waals surface area contributed by atoms with E-state index < -0.39 is 0 Å². The third-order valence-corrected chi connectivity index (χ3v) is 7.63. The van der Waals surface area contributed by atoms with Crippen molar-refractivity contribution < 1.29 is 0 Å². The van der Waals surface area contributed by atoms with E-state index in [0.29, 0.717) is 39.9 Å². The number of likely N-dealkylation sites (N-methyl/N-ethyl adjacent to an activating group) is 1. The summed E-state index contributed by atoms with van der Waals surface area (Å²) < 4.78 is 0. The summed E-state index contributed by atoms with van der Waals surface area (Å²) in [4.78, 5) is 16.4. The molecule has 0 radical (unpaired) electrons. The summed E-state index contributed by atoms with van der Waals surface area (Å²) in [6, 6.07) is 4.19. The van der Waals surface area contributed by atoms with Crippen molar-refractivity contribution in [1.82, 2.24) is 19.9 Å². The molecule has 1 saturated carbocycles. The van der Waals surface area contributed by atoms with Crippen LogP contribution in [0.1, 0.15) is 57.4 Å². The summed E-state index contributed by atoms with van der Waals surface area (Å²) in [5.41, 5.74) is 1.60. The number of likely N-dealkylation sites (tertiary alicyclic amines) is 1. The minimum Gasteiger partial charge on any atom is -0.354 e. The second-order valence-corrected chi connectivity index (χ2v) is 10.0. The van der Waals surface area contributed by atoms with Gasteiger partial charge < -0.3 is 16.0 Å². The van der Waals surface area contributed by atoms with E-state index in [9.17, 15) is 0 Å². The average molecular weight is 492 g/mol. The monoisotopic (exact) mass is 491 g/mol. The molecule has 2 fully saturated rings. The van der Waals surface area contributed by atoms with Crippen molar-refractivity contribution in [3.05, 3.63) is 27.7 Å². The van der Waals surface area contributed by atoms with Crippen LogP contribution in [-0.2, 0) is 0 Å². The Morgan fingerprint density at radius 2 is 1.52 bits per heavy atom. The number of hydrogen-bond acceptors (Lipinski definition) is 7. The molecular formula is C24H35Cl2N7. The first-order valence-electron chi connectivity index (χ1n) is 12.2. The molecule has 1 aromatic carbocycles. The summed E-state index contributed by atoms with van der Waals surface area (Å²) in [7, 11) is 0. The Bertz CT molecular complexity index is 910. The first kappa shape index (κ1) is 24.3. The Hall–Kier alpha value is -1.83. The number of halogens is 2. The molecule has 0 spiro atoms. The van der Waals surface area contributed by atoms with Crippen molar-refractivity contribution in [3.63, 3.8) is 0 Å². The lowest BCUT2D eigenvalue weighted by Gasteiger charge is -2.23. The maximum Gasteiger partial charge on any atom is 0.233 e. The summed E-state index contributed by atoms with van der Waals surface area (Å²) in [6.45, 7) is 8.05. The molecule has 4 rings (SSSR count). The zero-order chi connectivity index (χ0) is 23.2. The molecule has 7 nitrogen and oxygen atoms in total. The highest BCUT2D eigenvalue weighted by Crippen LogP contribution is 2.30. The van der Waals surface area contributed by atoms with Crippen molar-refractivity contribution in [1.29, 1.82) is 0 Å². The molecule has 9 heteroatoms. The molecule has 3 N–H and O–H groups in total. The average Bonchev–Trinajstić information content (AvgIpc) is 3.28. The number of benzene rings is 1. The minimum absolute atomic E-state index is 0.466. The Kier molecular flexibility index (Phi) is 8.50. The molecule has 1 aromatic heterocycles. The highest BCUT2D eigenvalue weighted by molar-refractivity contribution is 6.36. The Morgan fingerprint density at radius 1 is 0.879 bits per heavy atom. The van der Waals surface area contributed by atoms with Gasteiger partial charge in [0.2, 0.25) is 17.8 Å². The topological polar surface area (TPSA) is 78.0 Å². The van der Waals surface area contributed by atoms with Gasteiger partial charge in [-0.2, -0.15) is 15.0 Å². The third-order valence-electron chi connectivity index (χ3n) is 6.85. The largest absolute Gasteiger partial charge is 0.354 e. The summed E-state index contributed by atoms with van der Waals surface area (Å²) in [5.74, 6) is 2.30. The van der Waals surface area contributed by atoms with Gasteiger partial charge in [-0.3, -0.25) is 4.90 Å². The van der Waals surface area contributed by atoms with E-state index in [4.69, 9.17) is 23.2 Å². The van der Waals surface area contributed by atoms with Crippen molar-refractivity contribution in [2.24, 2.45) is 5.92 Å². The molecule has 0 amide bonds. The molecule has 1 atom stereocenters. The van der Waals surface area contributed by atoms with E-state index >= 15 is 0 Å². The van der Waals surface area contributed by atoms with Gasteiger partial charge in [0.15, 0.2) is 0 Å². The first-order valence-corrected chi connectivity index (χ1v) is 13.0. The number of nitrogens with zero attached hydrogens (tertiary/aromatic N) is 4. The lowest BCUT2D eigenvalue weighted by Crippen LogP contribution is -2.35. The van der Waals surface area contributed by atoms with Gasteiger partial charge in [-0.25, -0.2) is 0 Å². The van der Waals surface area contributed by atoms with Crippen LogP contribution >= 0.6 is 23.2 Å². The number of nitrogens with one attached hydrogen (secondary N) is 3. The molecule has 2 aliphatic rings. The lowest BCUT2D eigenvalue weighted by molar-refractivity contribution is 0.277. The second-order valence-electron chi connectivity index (χ2n) is 9.19. The first-order chi connectivity index (χ1) is 16.0. The maximum atomic E-state index is 6.33. The van der Waals surface area contributed by atoms with Gasteiger partial charge in [-0.05, 0) is 69.3 Å². The second kappa shape index (κ2) is 11.5. The van der Waals surface area contributed by atoms with Crippen molar-refractivity contribution in [3.8, 4) is 0 Å². The molecule has 1 saturated heterocycles. The van der Waals surface area contributed by atoms with Crippen LogP contribution in [0.3, 0.4) is 0 Å². The van der Waals surface area contributed by atoms with Gasteiger partial charge in [0.1, 0.15) is 0 Å². The van der Waals surface area contributed by atoms with E-state index in [1.807, 2.05) is 19.1 Å². The molecule has 1 unspecified atom stereocenters. The zero-order valence-corrected chi connectivity index (χ0v) is 21.1. The molecule has 1 aliphatic carbocycles. The van der Waals surface area contributed by atoms with Crippen LogP contribution in [0.15, 0.2) is 12.1 Å². The Morgan fingerprint density at radius 3 is 2.18 bits per heavy atom. The molecule has 0 bridgehead atoms. The van der Waals surface area contributed by atoms with Crippen molar-refractivity contribution in [2.75, 3.05) is 42.1 Å². The molecule has 2 heterocycles. The highest BCUT2D eigenvalue weighted by atomic mass is 35.5. The smallest absolute Gasteiger partial charge is 0.233 e. The van der Waals surface area contributed by atoms with Crippen LogP contribution in [0.2, 0.25) is 10.0 Å². The maximum absolute atomic E-state index is 6.33. The summed E-state index contributed by atoms with van der Waals surface area (Å²) in [5, 5.41) is 11.4. The molecule has 180 valence electrons. The summed E-state index contributed by atoms with van der Waals surface area (Å²) >= 11 is 12.7. The predicted octanol–water partition coefficient (Wildman–Crippen LogP) is 6.12. The number of rotatable bonds is 9. The SMILES string of the molecule is CCN1CCCC1CNc1nc(NCC2CCCCC2)nc(Nc2cc(Cl)c(C)c(Cl)c2)n1. The lowest BCUT2D eigenvalue weighted by atomic mass is 9.89. The van der Waals surface area contributed by atoms with Crippen LogP contribution in [0, 0.1) is 12.8 Å². The van der Waals surface area contributed by atoms with Gasteiger partial charge in [0.05, 0.1) is 0 Å². The summed E-state index contributed by atoms with van der Waals surface area (Å²) in [6.07, 6.45) is 8.95. The third kappa shape index (κ3) is 6.61. The van der Waals surface area contributed by atoms with Gasteiger partial charge in [0.25, 0.3) is 0 Å².